The van der Waals surface area contributed by atoms with Crippen molar-refractivity contribution in [3.63, 3.8) is 0 Å². The second kappa shape index (κ2) is 3.59. The Labute approximate surface area is 91.8 Å². The first-order valence-electron chi connectivity index (χ1n) is 4.36. The first kappa shape index (κ1) is 10.1. The summed E-state index contributed by atoms with van der Waals surface area (Å²) in [6.45, 7) is 0. The van der Waals surface area contributed by atoms with E-state index in [1.165, 1.54) is 6.07 Å². The molecule has 1 fully saturated rings. The van der Waals surface area contributed by atoms with Crippen LogP contribution < -0.4 is 4.74 Å². The molecule has 2 rings (SSSR count). The molecule has 0 bridgehead atoms. The van der Waals surface area contributed by atoms with Gasteiger partial charge < -0.3 is 4.74 Å². The van der Waals surface area contributed by atoms with Crippen LogP contribution in [0.3, 0.4) is 0 Å². The molecule has 0 radical (unpaired) electrons. The molecule has 0 heterocycles. The van der Waals surface area contributed by atoms with Crippen LogP contribution in [0.1, 0.15) is 12.8 Å². The van der Waals surface area contributed by atoms with Gasteiger partial charge in [-0.2, -0.15) is 0 Å². The third-order valence-corrected chi connectivity index (χ3v) is 3.07. The van der Waals surface area contributed by atoms with E-state index in [-0.39, 0.29) is 11.4 Å². The van der Waals surface area contributed by atoms with Gasteiger partial charge in [-0.25, -0.2) is 4.39 Å². The van der Waals surface area contributed by atoms with E-state index in [1.807, 2.05) is 0 Å². The van der Waals surface area contributed by atoms with Gasteiger partial charge in [-0.1, -0.05) is 17.7 Å². The molecule has 0 unspecified atom stereocenters. The molecular weight excluding hydrogens is 226 g/mol. The Kier molecular flexibility index (Phi) is 2.58. The zero-order valence-corrected chi connectivity index (χ0v) is 8.91. The molecule has 1 nitrogen and oxygen atoms in total. The number of hydrogen-bond acceptors (Lipinski definition) is 1. The van der Waals surface area contributed by atoms with Crippen LogP contribution in [0.15, 0.2) is 18.2 Å². The van der Waals surface area contributed by atoms with Crippen LogP contribution in [0, 0.1) is 5.82 Å². The lowest BCUT2D eigenvalue weighted by Crippen LogP contribution is -2.20. The summed E-state index contributed by atoms with van der Waals surface area (Å²) in [4.78, 5) is 0. The number of hydrogen-bond donors (Lipinski definition) is 0. The molecule has 0 atom stereocenters. The van der Waals surface area contributed by atoms with Gasteiger partial charge in [-0.15, -0.1) is 11.6 Å². The van der Waals surface area contributed by atoms with Crippen molar-refractivity contribution in [1.29, 1.82) is 0 Å². The van der Waals surface area contributed by atoms with Crippen LogP contribution in [0.4, 0.5) is 4.39 Å². The Morgan fingerprint density at radius 1 is 1.43 bits per heavy atom. The zero-order chi connectivity index (χ0) is 10.2. The van der Waals surface area contributed by atoms with Crippen molar-refractivity contribution >= 4 is 23.2 Å². The predicted molar refractivity (Wildman–Crippen MR) is 54.7 cm³/mol. The average molecular weight is 235 g/mol. The first-order chi connectivity index (χ1) is 6.67. The Hall–Kier alpha value is -0.470. The SMILES string of the molecule is Fc1cccc(Cl)c1OC1(CCl)CC1. The molecule has 0 N–H and O–H groups in total. The molecule has 0 spiro atoms. The standard InChI is InChI=1S/C10H9Cl2FO/c11-6-10(4-5-10)14-9-7(12)2-1-3-8(9)13/h1-3H,4-6H2. The zero-order valence-electron chi connectivity index (χ0n) is 7.40. The summed E-state index contributed by atoms with van der Waals surface area (Å²) in [5, 5.41) is 0.293. The largest absolute Gasteiger partial charge is 0.481 e. The summed E-state index contributed by atoms with van der Waals surface area (Å²) in [5.41, 5.74) is -0.382. The highest BCUT2D eigenvalue weighted by Crippen LogP contribution is 2.43. The number of halogens is 3. The van der Waals surface area contributed by atoms with Gasteiger partial charge in [0.1, 0.15) is 5.60 Å². The first-order valence-corrected chi connectivity index (χ1v) is 5.27. The number of para-hydroxylation sites is 1. The highest BCUT2D eigenvalue weighted by molar-refractivity contribution is 6.32. The van der Waals surface area contributed by atoms with Gasteiger partial charge in [0.25, 0.3) is 0 Å². The lowest BCUT2D eigenvalue weighted by molar-refractivity contribution is 0.194. The molecule has 4 heteroatoms. The minimum absolute atomic E-state index is 0.118. The molecule has 1 saturated carbocycles. The Morgan fingerprint density at radius 2 is 2.14 bits per heavy atom. The number of ether oxygens (including phenoxy) is 1. The summed E-state index contributed by atoms with van der Waals surface area (Å²) < 4.78 is 18.8. The summed E-state index contributed by atoms with van der Waals surface area (Å²) in [6, 6.07) is 4.47. The number of benzene rings is 1. The smallest absolute Gasteiger partial charge is 0.174 e. The Morgan fingerprint density at radius 3 is 2.64 bits per heavy atom. The molecule has 0 amide bonds. The van der Waals surface area contributed by atoms with E-state index >= 15 is 0 Å². The minimum Gasteiger partial charge on any atom is -0.481 e. The van der Waals surface area contributed by atoms with Crippen molar-refractivity contribution in [2.45, 2.75) is 18.4 Å². The van der Waals surface area contributed by atoms with E-state index in [4.69, 9.17) is 27.9 Å². The van der Waals surface area contributed by atoms with E-state index in [2.05, 4.69) is 0 Å². The van der Waals surface area contributed by atoms with Gasteiger partial charge in [0.15, 0.2) is 11.6 Å². The Balaban J connectivity index is 2.24. The fourth-order valence-corrected chi connectivity index (χ4v) is 1.72. The highest BCUT2D eigenvalue weighted by atomic mass is 35.5. The molecule has 1 aromatic carbocycles. The van der Waals surface area contributed by atoms with Crippen molar-refractivity contribution in [3.8, 4) is 5.75 Å². The third-order valence-electron chi connectivity index (χ3n) is 2.29. The average Bonchev–Trinajstić information content (AvgIpc) is 2.93. The van der Waals surface area contributed by atoms with E-state index in [0.29, 0.717) is 10.9 Å². The maximum absolute atomic E-state index is 13.3. The van der Waals surface area contributed by atoms with Gasteiger partial charge >= 0.3 is 0 Å². The quantitative estimate of drug-likeness (QED) is 0.727. The highest BCUT2D eigenvalue weighted by Gasteiger charge is 2.45. The topological polar surface area (TPSA) is 9.23 Å². The van der Waals surface area contributed by atoms with Gasteiger partial charge in [0.2, 0.25) is 0 Å². The van der Waals surface area contributed by atoms with Crippen molar-refractivity contribution in [2.75, 3.05) is 5.88 Å². The van der Waals surface area contributed by atoms with Gasteiger partial charge in [-0.05, 0) is 25.0 Å². The van der Waals surface area contributed by atoms with Crippen molar-refractivity contribution in [2.24, 2.45) is 0 Å². The van der Waals surface area contributed by atoms with E-state index in [9.17, 15) is 4.39 Å². The molecule has 0 aromatic heterocycles. The molecular formula is C10H9Cl2FO. The lowest BCUT2D eigenvalue weighted by Gasteiger charge is -2.16. The van der Waals surface area contributed by atoms with E-state index in [1.54, 1.807) is 12.1 Å². The molecule has 1 aliphatic carbocycles. The molecule has 0 aliphatic heterocycles. The summed E-state index contributed by atoms with van der Waals surface area (Å²) in [5.74, 6) is 0.0544. The van der Waals surface area contributed by atoms with E-state index in [0.717, 1.165) is 12.8 Å². The summed E-state index contributed by atoms with van der Waals surface area (Å²) >= 11 is 11.5. The maximum Gasteiger partial charge on any atom is 0.174 e. The van der Waals surface area contributed by atoms with Gasteiger partial charge in [0, 0.05) is 0 Å². The van der Waals surface area contributed by atoms with Crippen molar-refractivity contribution in [3.05, 3.63) is 29.0 Å². The fourth-order valence-electron chi connectivity index (χ4n) is 1.20. The van der Waals surface area contributed by atoms with Crippen LogP contribution in [0.5, 0.6) is 5.75 Å². The number of alkyl halides is 1. The molecule has 76 valence electrons. The van der Waals surface area contributed by atoms with Gasteiger partial charge in [-0.3, -0.25) is 0 Å². The summed E-state index contributed by atoms with van der Waals surface area (Å²) in [6.07, 6.45) is 1.72. The molecule has 1 aliphatic rings. The third kappa shape index (κ3) is 1.82. The molecule has 0 saturated heterocycles. The van der Waals surface area contributed by atoms with Crippen LogP contribution >= 0.6 is 23.2 Å². The van der Waals surface area contributed by atoms with E-state index < -0.39 is 5.82 Å². The predicted octanol–water partition coefficient (Wildman–Crippen LogP) is 3.63. The lowest BCUT2D eigenvalue weighted by atomic mass is 10.3. The van der Waals surface area contributed by atoms with Crippen LogP contribution in [0.25, 0.3) is 0 Å². The second-order valence-corrected chi connectivity index (χ2v) is 4.14. The van der Waals surface area contributed by atoms with Crippen molar-refractivity contribution in [1.82, 2.24) is 0 Å². The monoisotopic (exact) mass is 234 g/mol. The second-order valence-electron chi connectivity index (χ2n) is 3.47. The molecule has 1 aromatic rings. The fraction of sp³-hybridized carbons (Fsp3) is 0.400. The van der Waals surface area contributed by atoms with Crippen LogP contribution in [0.2, 0.25) is 5.02 Å². The number of rotatable bonds is 3. The molecule has 14 heavy (non-hydrogen) atoms. The maximum atomic E-state index is 13.3. The summed E-state index contributed by atoms with van der Waals surface area (Å²) in [7, 11) is 0. The van der Waals surface area contributed by atoms with Crippen LogP contribution in [-0.4, -0.2) is 11.5 Å². The normalized spacial score (nSPS) is 17.9. The van der Waals surface area contributed by atoms with Crippen LogP contribution in [-0.2, 0) is 0 Å². The Bertz CT molecular complexity index is 330. The van der Waals surface area contributed by atoms with Gasteiger partial charge in [0.05, 0.1) is 10.9 Å². The van der Waals surface area contributed by atoms with Crippen molar-refractivity contribution < 1.29 is 9.13 Å². The minimum atomic E-state index is -0.436.